The normalized spacial score (nSPS) is 11.4. The number of nitrogens with zero attached hydrogens (tertiary/aromatic N) is 4. The monoisotopic (exact) mass is 477 g/mol. The Morgan fingerprint density at radius 2 is 1.88 bits per heavy atom. The molecule has 164 valence electrons. The molecular weight excluding hydrogens is 464 g/mol. The zero-order valence-corrected chi connectivity index (χ0v) is 17.9. The number of aryl methyl sites for hydroxylation is 1. The summed E-state index contributed by atoms with van der Waals surface area (Å²) < 4.78 is 63.1. The van der Waals surface area contributed by atoms with Crippen LogP contribution in [0.4, 0.5) is 14.6 Å². The predicted molar refractivity (Wildman–Crippen MR) is 113 cm³/mol. The second-order valence-corrected chi connectivity index (χ2v) is 8.55. The number of hydrogen-bond donors (Lipinski definition) is 1. The highest BCUT2D eigenvalue weighted by molar-refractivity contribution is 7.92. The van der Waals surface area contributed by atoms with Crippen LogP contribution in [0.1, 0.15) is 0 Å². The summed E-state index contributed by atoms with van der Waals surface area (Å²) >= 11 is 6.20. The SMILES string of the molecule is Cn1nccc1-c1cc(F)ccc1Oc1cc(F)c(S(=O)(=O)Nc2ccncn2)cc1Cl. The third-order valence-electron chi connectivity index (χ3n) is 4.36. The molecule has 0 amide bonds. The third kappa shape index (κ3) is 4.39. The third-order valence-corrected chi connectivity index (χ3v) is 6.02. The van der Waals surface area contributed by atoms with Crippen molar-refractivity contribution in [2.75, 3.05) is 4.72 Å². The zero-order chi connectivity index (χ0) is 22.9. The van der Waals surface area contributed by atoms with Gasteiger partial charge in [0.15, 0.2) is 0 Å². The second-order valence-electron chi connectivity index (χ2n) is 6.50. The predicted octanol–water partition coefficient (Wildman–Crippen LogP) is 4.40. The van der Waals surface area contributed by atoms with Crippen LogP contribution in [0.25, 0.3) is 11.3 Å². The summed E-state index contributed by atoms with van der Waals surface area (Å²) in [5.74, 6) is -1.63. The molecular formula is C20H14ClF2N5O3S. The lowest BCUT2D eigenvalue weighted by Crippen LogP contribution is -2.15. The Hall–Kier alpha value is -3.57. The zero-order valence-electron chi connectivity index (χ0n) is 16.3. The van der Waals surface area contributed by atoms with Crippen LogP contribution in [0.5, 0.6) is 11.5 Å². The van der Waals surface area contributed by atoms with E-state index in [0.717, 1.165) is 18.5 Å². The van der Waals surface area contributed by atoms with E-state index >= 15 is 0 Å². The number of benzene rings is 2. The molecule has 0 saturated carbocycles. The molecule has 0 spiro atoms. The van der Waals surface area contributed by atoms with Gasteiger partial charge in [-0.3, -0.25) is 9.40 Å². The lowest BCUT2D eigenvalue weighted by atomic mass is 10.1. The molecule has 0 atom stereocenters. The van der Waals surface area contributed by atoms with Gasteiger partial charge in [0, 0.05) is 31.1 Å². The van der Waals surface area contributed by atoms with E-state index in [1.54, 1.807) is 13.1 Å². The van der Waals surface area contributed by atoms with Gasteiger partial charge in [0.25, 0.3) is 10.0 Å². The summed E-state index contributed by atoms with van der Waals surface area (Å²) in [7, 11) is -2.66. The fourth-order valence-corrected chi connectivity index (χ4v) is 4.25. The quantitative estimate of drug-likeness (QED) is 0.442. The largest absolute Gasteiger partial charge is 0.455 e. The van der Waals surface area contributed by atoms with Gasteiger partial charge in [0.1, 0.15) is 40.2 Å². The van der Waals surface area contributed by atoms with E-state index in [2.05, 4.69) is 19.8 Å². The maximum absolute atomic E-state index is 14.8. The fourth-order valence-electron chi connectivity index (χ4n) is 2.89. The summed E-state index contributed by atoms with van der Waals surface area (Å²) in [6, 6.07) is 8.48. The van der Waals surface area contributed by atoms with Crippen molar-refractivity contribution >= 4 is 27.4 Å². The maximum atomic E-state index is 14.8. The average Bonchev–Trinajstić information content (AvgIpc) is 3.17. The minimum absolute atomic E-state index is 0.0389. The average molecular weight is 478 g/mol. The lowest BCUT2D eigenvalue weighted by molar-refractivity contribution is 0.473. The van der Waals surface area contributed by atoms with Gasteiger partial charge in [-0.1, -0.05) is 11.6 Å². The highest BCUT2D eigenvalue weighted by Crippen LogP contribution is 2.38. The lowest BCUT2D eigenvalue weighted by Gasteiger charge is -2.14. The van der Waals surface area contributed by atoms with Crippen LogP contribution in [-0.2, 0) is 17.1 Å². The van der Waals surface area contributed by atoms with Crippen LogP contribution in [0.3, 0.4) is 0 Å². The van der Waals surface area contributed by atoms with E-state index in [-0.39, 0.29) is 22.3 Å². The van der Waals surface area contributed by atoms with Crippen molar-refractivity contribution in [2.45, 2.75) is 4.90 Å². The molecule has 0 radical (unpaired) electrons. The van der Waals surface area contributed by atoms with Crippen molar-refractivity contribution in [3.05, 3.63) is 77.8 Å². The van der Waals surface area contributed by atoms with Crippen molar-refractivity contribution in [3.8, 4) is 22.8 Å². The standard InChI is InChI=1S/C20H14ClF2N5O3S/c1-28-16(4-7-26-28)13-8-12(22)2-3-17(13)31-18-10-15(23)19(9-14(18)21)32(29,30)27-20-5-6-24-11-25-20/h2-11H,1H3,(H,24,25,27). The molecule has 0 unspecified atom stereocenters. The number of nitrogens with one attached hydrogen (secondary N) is 1. The highest BCUT2D eigenvalue weighted by atomic mass is 35.5. The molecule has 1 N–H and O–H groups in total. The number of rotatable bonds is 6. The molecule has 0 aliphatic rings. The van der Waals surface area contributed by atoms with Crippen LogP contribution >= 0.6 is 11.6 Å². The van der Waals surface area contributed by atoms with Crippen molar-refractivity contribution in [3.63, 3.8) is 0 Å². The molecule has 0 aliphatic carbocycles. The number of halogens is 3. The van der Waals surface area contributed by atoms with Gasteiger partial charge in [-0.2, -0.15) is 5.10 Å². The molecule has 0 fully saturated rings. The number of ether oxygens (including phenoxy) is 1. The van der Waals surface area contributed by atoms with Crippen LogP contribution < -0.4 is 9.46 Å². The van der Waals surface area contributed by atoms with E-state index in [9.17, 15) is 17.2 Å². The van der Waals surface area contributed by atoms with Gasteiger partial charge in [-0.15, -0.1) is 0 Å². The Bertz CT molecular complexity index is 1400. The van der Waals surface area contributed by atoms with Gasteiger partial charge in [-0.25, -0.2) is 27.2 Å². The minimum atomic E-state index is -4.33. The van der Waals surface area contributed by atoms with E-state index in [4.69, 9.17) is 16.3 Å². The molecule has 2 aromatic heterocycles. The first-order chi connectivity index (χ1) is 15.2. The van der Waals surface area contributed by atoms with Gasteiger partial charge < -0.3 is 4.74 Å². The summed E-state index contributed by atoms with van der Waals surface area (Å²) in [6.45, 7) is 0. The topological polar surface area (TPSA) is 99.0 Å². The Morgan fingerprint density at radius 3 is 2.56 bits per heavy atom. The number of aromatic nitrogens is 4. The summed E-state index contributed by atoms with van der Waals surface area (Å²) in [5, 5.41) is 3.87. The van der Waals surface area contributed by atoms with E-state index in [1.165, 1.54) is 41.3 Å². The first-order valence-electron chi connectivity index (χ1n) is 8.98. The summed E-state index contributed by atoms with van der Waals surface area (Å²) in [4.78, 5) is 6.73. The van der Waals surface area contributed by atoms with Gasteiger partial charge in [0.05, 0.1) is 10.7 Å². The molecule has 8 nitrogen and oxygen atoms in total. The highest BCUT2D eigenvalue weighted by Gasteiger charge is 2.23. The van der Waals surface area contributed by atoms with Crippen LogP contribution in [0.15, 0.2) is 66.1 Å². The molecule has 32 heavy (non-hydrogen) atoms. The Balaban J connectivity index is 1.69. The van der Waals surface area contributed by atoms with Crippen LogP contribution in [-0.4, -0.2) is 28.2 Å². The Kier molecular flexibility index (Phi) is 5.76. The Morgan fingerprint density at radius 1 is 1.06 bits per heavy atom. The molecule has 12 heteroatoms. The first kappa shape index (κ1) is 21.7. The van der Waals surface area contributed by atoms with Crippen molar-refractivity contribution < 1.29 is 21.9 Å². The second kappa shape index (κ2) is 8.52. The summed E-state index contributed by atoms with van der Waals surface area (Å²) in [5.41, 5.74) is 0.896. The van der Waals surface area contributed by atoms with Crippen molar-refractivity contribution in [2.24, 2.45) is 7.05 Å². The Labute approximate surface area is 186 Å². The van der Waals surface area contributed by atoms with Crippen molar-refractivity contribution in [1.29, 1.82) is 0 Å². The van der Waals surface area contributed by atoms with Gasteiger partial charge >= 0.3 is 0 Å². The molecule has 0 aliphatic heterocycles. The smallest absolute Gasteiger partial charge is 0.266 e. The molecule has 2 heterocycles. The molecule has 4 aromatic rings. The number of sulfonamides is 1. The molecule has 4 rings (SSSR count). The van der Waals surface area contributed by atoms with Gasteiger partial charge in [-0.05, 0) is 36.4 Å². The molecule has 2 aromatic carbocycles. The summed E-state index contributed by atoms with van der Waals surface area (Å²) in [6.07, 6.45) is 4.00. The fraction of sp³-hybridized carbons (Fsp3) is 0.0500. The van der Waals surface area contributed by atoms with Crippen molar-refractivity contribution in [1.82, 2.24) is 19.7 Å². The van der Waals surface area contributed by atoms with Crippen LogP contribution in [0, 0.1) is 11.6 Å². The minimum Gasteiger partial charge on any atom is -0.455 e. The van der Waals surface area contributed by atoms with Gasteiger partial charge in [0.2, 0.25) is 0 Å². The van der Waals surface area contributed by atoms with E-state index in [0.29, 0.717) is 11.3 Å². The number of hydrogen-bond acceptors (Lipinski definition) is 6. The molecule has 0 bridgehead atoms. The first-order valence-corrected chi connectivity index (χ1v) is 10.8. The number of anilines is 1. The molecule has 0 saturated heterocycles. The van der Waals surface area contributed by atoms with E-state index < -0.39 is 26.6 Å². The van der Waals surface area contributed by atoms with E-state index in [1.807, 2.05) is 0 Å². The maximum Gasteiger partial charge on any atom is 0.266 e. The van der Waals surface area contributed by atoms with Crippen LogP contribution in [0.2, 0.25) is 5.02 Å².